The van der Waals surface area contributed by atoms with Gasteiger partial charge in [0.1, 0.15) is 0 Å². The van der Waals surface area contributed by atoms with Gasteiger partial charge in [-0.3, -0.25) is 9.59 Å². The molecule has 0 aromatic heterocycles. The maximum Gasteiger partial charge on any atom is 0.320 e. The van der Waals surface area contributed by atoms with Gasteiger partial charge < -0.3 is 9.47 Å². The molecule has 4 nitrogen and oxygen atoms in total. The van der Waals surface area contributed by atoms with Crippen molar-refractivity contribution in [3.63, 3.8) is 0 Å². The largest absolute Gasteiger partial charge is 0.468 e. The maximum atomic E-state index is 11.1. The molecule has 0 aliphatic rings. The summed E-state index contributed by atoms with van der Waals surface area (Å²) in [6.07, 6.45) is 0.458. The first-order valence-corrected chi connectivity index (χ1v) is 4.18. The highest BCUT2D eigenvalue weighted by Crippen LogP contribution is 2.14. The Morgan fingerprint density at radius 1 is 1.08 bits per heavy atom. The van der Waals surface area contributed by atoms with Gasteiger partial charge >= 0.3 is 11.9 Å². The number of rotatable bonds is 4. The van der Waals surface area contributed by atoms with E-state index in [1.54, 1.807) is 0 Å². The third-order valence-corrected chi connectivity index (χ3v) is 1.68. The molecule has 0 saturated carbocycles. The lowest BCUT2D eigenvalue weighted by atomic mass is 9.97. The van der Waals surface area contributed by atoms with Crippen molar-refractivity contribution in [1.82, 2.24) is 0 Å². The molecule has 0 unspecified atom stereocenters. The topological polar surface area (TPSA) is 52.6 Å². The van der Waals surface area contributed by atoms with Crippen molar-refractivity contribution in [1.29, 1.82) is 0 Å². The zero-order valence-electron chi connectivity index (χ0n) is 8.49. The van der Waals surface area contributed by atoms with E-state index >= 15 is 0 Å². The molecular formula is C9H16O4. The van der Waals surface area contributed by atoms with Crippen molar-refractivity contribution in [2.75, 3.05) is 14.2 Å². The van der Waals surface area contributed by atoms with E-state index in [0.29, 0.717) is 6.42 Å². The quantitative estimate of drug-likeness (QED) is 0.487. The number of carbonyl (C=O) groups excluding carboxylic acids is 2. The summed E-state index contributed by atoms with van der Waals surface area (Å²) in [6, 6.07) is 0. The van der Waals surface area contributed by atoms with Gasteiger partial charge in [0.15, 0.2) is 5.92 Å². The number of carbonyl (C=O) groups is 2. The van der Waals surface area contributed by atoms with Crippen molar-refractivity contribution >= 4 is 11.9 Å². The molecule has 0 aromatic carbocycles. The molecule has 76 valence electrons. The molecule has 0 aromatic rings. The van der Waals surface area contributed by atoms with Crippen molar-refractivity contribution in [3.8, 4) is 0 Å². The smallest absolute Gasteiger partial charge is 0.320 e. The Morgan fingerprint density at radius 2 is 1.46 bits per heavy atom. The molecule has 0 N–H and O–H groups in total. The highest BCUT2D eigenvalue weighted by molar-refractivity contribution is 5.94. The fraction of sp³-hybridized carbons (Fsp3) is 0.778. The van der Waals surface area contributed by atoms with Crippen LogP contribution in [0.2, 0.25) is 0 Å². The number of ether oxygens (including phenoxy) is 2. The number of hydrogen-bond acceptors (Lipinski definition) is 4. The SMILES string of the molecule is COC(=O)C(CC(C)C)C(=O)OC. The van der Waals surface area contributed by atoms with Gasteiger partial charge in [0, 0.05) is 0 Å². The predicted molar refractivity (Wildman–Crippen MR) is 47.0 cm³/mol. The summed E-state index contributed by atoms with van der Waals surface area (Å²) in [5, 5.41) is 0. The number of methoxy groups -OCH3 is 2. The predicted octanol–water partition coefficient (Wildman–Crippen LogP) is 0.995. The minimum absolute atomic E-state index is 0.253. The second-order valence-corrected chi connectivity index (χ2v) is 3.23. The Labute approximate surface area is 78.2 Å². The van der Waals surface area contributed by atoms with Gasteiger partial charge in [-0.25, -0.2) is 0 Å². The molecule has 0 bridgehead atoms. The fourth-order valence-electron chi connectivity index (χ4n) is 1.04. The highest BCUT2D eigenvalue weighted by Gasteiger charge is 2.28. The van der Waals surface area contributed by atoms with Crippen LogP contribution in [-0.2, 0) is 19.1 Å². The maximum absolute atomic E-state index is 11.1. The van der Waals surface area contributed by atoms with Gasteiger partial charge in [-0.05, 0) is 12.3 Å². The van der Waals surface area contributed by atoms with E-state index < -0.39 is 17.9 Å². The van der Waals surface area contributed by atoms with E-state index in [2.05, 4.69) is 9.47 Å². The van der Waals surface area contributed by atoms with Crippen LogP contribution in [0.25, 0.3) is 0 Å². The van der Waals surface area contributed by atoms with Gasteiger partial charge in [-0.1, -0.05) is 13.8 Å². The van der Waals surface area contributed by atoms with Crippen molar-refractivity contribution in [2.45, 2.75) is 20.3 Å². The molecule has 0 aliphatic carbocycles. The Balaban J connectivity index is 4.36. The average Bonchev–Trinajstić information content (AvgIpc) is 2.11. The van der Waals surface area contributed by atoms with Crippen LogP contribution in [0.15, 0.2) is 0 Å². The van der Waals surface area contributed by atoms with Crippen LogP contribution in [0.4, 0.5) is 0 Å². The third kappa shape index (κ3) is 3.92. The molecule has 0 rings (SSSR count). The number of hydrogen-bond donors (Lipinski definition) is 0. The second kappa shape index (κ2) is 5.56. The molecule has 0 atom stereocenters. The first-order valence-electron chi connectivity index (χ1n) is 4.18. The summed E-state index contributed by atoms with van der Waals surface area (Å²) in [7, 11) is 2.52. The summed E-state index contributed by atoms with van der Waals surface area (Å²) in [5.74, 6) is -1.58. The number of esters is 2. The van der Waals surface area contributed by atoms with Gasteiger partial charge in [0.2, 0.25) is 0 Å². The van der Waals surface area contributed by atoms with E-state index in [9.17, 15) is 9.59 Å². The van der Waals surface area contributed by atoms with E-state index in [1.165, 1.54) is 14.2 Å². The third-order valence-electron chi connectivity index (χ3n) is 1.68. The van der Waals surface area contributed by atoms with Gasteiger partial charge in [-0.2, -0.15) is 0 Å². The normalized spacial score (nSPS) is 10.3. The van der Waals surface area contributed by atoms with E-state index in [0.717, 1.165) is 0 Å². The zero-order chi connectivity index (χ0) is 10.4. The van der Waals surface area contributed by atoms with Crippen LogP contribution >= 0.6 is 0 Å². The van der Waals surface area contributed by atoms with Gasteiger partial charge in [0.05, 0.1) is 14.2 Å². The van der Waals surface area contributed by atoms with E-state index in [1.807, 2.05) is 13.8 Å². The fourth-order valence-corrected chi connectivity index (χ4v) is 1.04. The standard InChI is InChI=1S/C9H16O4/c1-6(2)5-7(8(10)12-3)9(11)13-4/h6-7H,5H2,1-4H3. The molecule has 0 heterocycles. The zero-order valence-corrected chi connectivity index (χ0v) is 8.49. The molecule has 0 saturated heterocycles. The summed E-state index contributed by atoms with van der Waals surface area (Å²) < 4.78 is 8.99. The minimum Gasteiger partial charge on any atom is -0.468 e. The van der Waals surface area contributed by atoms with E-state index in [-0.39, 0.29) is 5.92 Å². The first-order chi connectivity index (χ1) is 6.02. The molecule has 0 fully saturated rings. The lowest BCUT2D eigenvalue weighted by Gasteiger charge is -2.13. The minimum atomic E-state index is -0.782. The second-order valence-electron chi connectivity index (χ2n) is 3.23. The van der Waals surface area contributed by atoms with Crippen molar-refractivity contribution in [2.24, 2.45) is 11.8 Å². The summed E-state index contributed by atoms with van der Waals surface area (Å²) in [5.41, 5.74) is 0. The van der Waals surface area contributed by atoms with Crippen LogP contribution in [0.3, 0.4) is 0 Å². The van der Waals surface area contributed by atoms with Gasteiger partial charge in [0.25, 0.3) is 0 Å². The molecule has 0 aliphatic heterocycles. The van der Waals surface area contributed by atoms with Crippen LogP contribution in [0.1, 0.15) is 20.3 Å². The lowest BCUT2D eigenvalue weighted by Crippen LogP contribution is -2.27. The Morgan fingerprint density at radius 3 is 1.69 bits per heavy atom. The summed E-state index contributed by atoms with van der Waals surface area (Å²) in [4.78, 5) is 22.2. The lowest BCUT2D eigenvalue weighted by molar-refractivity contribution is -0.159. The van der Waals surface area contributed by atoms with Crippen LogP contribution in [-0.4, -0.2) is 26.2 Å². The monoisotopic (exact) mass is 188 g/mol. The highest BCUT2D eigenvalue weighted by atomic mass is 16.5. The molecule has 0 amide bonds. The summed E-state index contributed by atoms with van der Waals surface area (Å²) >= 11 is 0. The van der Waals surface area contributed by atoms with Gasteiger partial charge in [-0.15, -0.1) is 0 Å². The Hall–Kier alpha value is -1.06. The molecule has 0 spiro atoms. The van der Waals surface area contributed by atoms with Crippen LogP contribution in [0.5, 0.6) is 0 Å². The molecular weight excluding hydrogens is 172 g/mol. The average molecular weight is 188 g/mol. The Kier molecular flexibility index (Phi) is 5.11. The van der Waals surface area contributed by atoms with E-state index in [4.69, 9.17) is 0 Å². The van der Waals surface area contributed by atoms with Crippen LogP contribution in [0, 0.1) is 11.8 Å². The first kappa shape index (κ1) is 11.9. The molecule has 0 radical (unpaired) electrons. The van der Waals surface area contributed by atoms with Crippen molar-refractivity contribution in [3.05, 3.63) is 0 Å². The van der Waals surface area contributed by atoms with Crippen LogP contribution < -0.4 is 0 Å². The van der Waals surface area contributed by atoms with Crippen molar-refractivity contribution < 1.29 is 19.1 Å². The summed E-state index contributed by atoms with van der Waals surface area (Å²) in [6.45, 7) is 3.86. The Bertz CT molecular complexity index is 170. The molecule has 13 heavy (non-hydrogen) atoms. The molecule has 4 heteroatoms.